The molecule has 0 aliphatic carbocycles. The molecular formula is C25H26ClF3N8O. The summed E-state index contributed by atoms with van der Waals surface area (Å²) in [6, 6.07) is 4.21. The highest BCUT2D eigenvalue weighted by atomic mass is 35.5. The second kappa shape index (κ2) is 10.2. The first-order valence-electron chi connectivity index (χ1n) is 12.2. The number of hydrogen-bond donors (Lipinski definition) is 2. The van der Waals surface area contributed by atoms with Gasteiger partial charge < -0.3 is 20.9 Å². The number of carbonyl (C=O) groups excluding carboxylic acids is 1. The Morgan fingerprint density at radius 1 is 1.18 bits per heavy atom. The third kappa shape index (κ3) is 5.31. The minimum atomic E-state index is -4.53. The highest BCUT2D eigenvalue weighted by Gasteiger charge is 2.37. The fourth-order valence-corrected chi connectivity index (χ4v) is 5.17. The Morgan fingerprint density at radius 2 is 1.95 bits per heavy atom. The Labute approximate surface area is 222 Å². The molecule has 9 nitrogen and oxygen atoms in total. The Morgan fingerprint density at radius 3 is 2.68 bits per heavy atom. The van der Waals surface area contributed by atoms with Crippen LogP contribution in [0.4, 0.5) is 30.6 Å². The summed E-state index contributed by atoms with van der Waals surface area (Å²) < 4.78 is 40.0. The minimum Gasteiger partial charge on any atom is -0.399 e. The van der Waals surface area contributed by atoms with Crippen LogP contribution in [0.15, 0.2) is 36.7 Å². The van der Waals surface area contributed by atoms with E-state index in [1.54, 1.807) is 30.3 Å². The molecule has 3 N–H and O–H groups in total. The van der Waals surface area contributed by atoms with E-state index in [0.717, 1.165) is 18.6 Å². The molecule has 1 fully saturated rings. The summed E-state index contributed by atoms with van der Waals surface area (Å²) >= 11 is 6.18. The molecule has 1 amide bonds. The zero-order chi connectivity index (χ0) is 27.0. The summed E-state index contributed by atoms with van der Waals surface area (Å²) in [4.78, 5) is 34.6. The van der Waals surface area contributed by atoms with Crippen molar-refractivity contribution < 1.29 is 18.0 Å². The van der Waals surface area contributed by atoms with Crippen molar-refractivity contribution >= 4 is 35.0 Å². The smallest absolute Gasteiger partial charge is 0.399 e. The monoisotopic (exact) mass is 546 g/mol. The van der Waals surface area contributed by atoms with Gasteiger partial charge in [0.05, 0.1) is 23.8 Å². The van der Waals surface area contributed by atoms with Crippen molar-refractivity contribution in [1.82, 2.24) is 24.8 Å². The second-order valence-corrected chi connectivity index (χ2v) is 9.77. The van der Waals surface area contributed by atoms with Gasteiger partial charge in [0.25, 0.3) is 0 Å². The van der Waals surface area contributed by atoms with E-state index in [1.807, 2.05) is 4.90 Å². The summed E-state index contributed by atoms with van der Waals surface area (Å²) in [5.41, 5.74) is 6.65. The number of aromatic nitrogens is 4. The van der Waals surface area contributed by atoms with Crippen molar-refractivity contribution in [2.24, 2.45) is 0 Å². The van der Waals surface area contributed by atoms with Gasteiger partial charge in [-0.3, -0.25) is 4.79 Å². The number of nitrogen functional groups attached to an aromatic ring is 1. The molecule has 200 valence electrons. The predicted molar refractivity (Wildman–Crippen MR) is 136 cm³/mol. The Hall–Kier alpha value is -3.67. The van der Waals surface area contributed by atoms with E-state index in [-0.39, 0.29) is 29.5 Å². The van der Waals surface area contributed by atoms with E-state index in [9.17, 15) is 18.0 Å². The van der Waals surface area contributed by atoms with Crippen LogP contribution in [-0.2, 0) is 23.9 Å². The zero-order valence-electron chi connectivity index (χ0n) is 20.5. The molecule has 2 atom stereocenters. The number of carbonyl (C=O) groups is 1. The van der Waals surface area contributed by atoms with E-state index < -0.39 is 17.8 Å². The highest BCUT2D eigenvalue weighted by molar-refractivity contribution is 6.28. The fraction of sp³-hybridized carbons (Fsp3) is 0.400. The Bertz CT molecular complexity index is 1340. The molecule has 2 aromatic heterocycles. The number of alkyl halides is 3. The van der Waals surface area contributed by atoms with Gasteiger partial charge in [0.15, 0.2) is 0 Å². The quantitative estimate of drug-likeness (QED) is 0.361. The number of halogens is 4. The molecular weight excluding hydrogens is 521 g/mol. The molecule has 1 unspecified atom stereocenters. The normalized spacial score (nSPS) is 18.3. The van der Waals surface area contributed by atoms with Gasteiger partial charge >= 0.3 is 6.18 Å². The lowest BCUT2D eigenvalue weighted by Crippen LogP contribution is -2.48. The van der Waals surface area contributed by atoms with E-state index >= 15 is 0 Å². The number of benzene rings is 1. The number of anilines is 3. The molecule has 0 saturated carbocycles. The molecule has 3 aromatic rings. The standard InChI is InChI=1S/C25H26ClF3N8O/c1-14(15-10-16(25(27,28)29)12-17(30)11-15)33-21-18-13-36(9-5-19(18)34-23(26)35-21)22(38)20-4-2-8-37(20)24-31-6-3-7-32-24/h3,6-7,10-12,14,20H,2,4-5,8-9,13,30H2,1H3,(H,33,34,35)/t14-,20?/m1/s1. The number of amides is 1. The zero-order valence-corrected chi connectivity index (χ0v) is 21.3. The predicted octanol–water partition coefficient (Wildman–Crippen LogP) is 4.25. The van der Waals surface area contributed by atoms with E-state index in [0.29, 0.717) is 54.5 Å². The first kappa shape index (κ1) is 26.0. The number of nitrogens with zero attached hydrogens (tertiary/aromatic N) is 6. The van der Waals surface area contributed by atoms with Crippen LogP contribution in [0.25, 0.3) is 0 Å². The van der Waals surface area contributed by atoms with Gasteiger partial charge in [-0.25, -0.2) is 19.9 Å². The van der Waals surface area contributed by atoms with Gasteiger partial charge in [-0.15, -0.1) is 0 Å². The molecule has 13 heteroatoms. The van der Waals surface area contributed by atoms with E-state index in [2.05, 4.69) is 25.3 Å². The molecule has 0 radical (unpaired) electrons. The number of nitrogens with two attached hydrogens (primary N) is 1. The van der Waals surface area contributed by atoms with Crippen molar-refractivity contribution in [3.63, 3.8) is 0 Å². The van der Waals surface area contributed by atoms with Crippen molar-refractivity contribution in [1.29, 1.82) is 0 Å². The van der Waals surface area contributed by atoms with Crippen LogP contribution in [0.5, 0.6) is 0 Å². The van der Waals surface area contributed by atoms with Crippen LogP contribution in [0.2, 0.25) is 5.28 Å². The SMILES string of the molecule is C[C@@H](Nc1nc(Cl)nc2c1CN(C(=O)C1CCCN1c1ncccn1)CC2)c1cc(N)cc(C(F)(F)F)c1. The maximum Gasteiger partial charge on any atom is 0.416 e. The molecule has 2 aliphatic heterocycles. The van der Waals surface area contributed by atoms with Crippen molar-refractivity contribution in [2.75, 3.05) is 29.0 Å². The molecule has 2 aliphatic rings. The largest absolute Gasteiger partial charge is 0.416 e. The summed E-state index contributed by atoms with van der Waals surface area (Å²) in [5, 5.41) is 3.19. The number of hydrogen-bond acceptors (Lipinski definition) is 8. The third-order valence-electron chi connectivity index (χ3n) is 6.85. The fourth-order valence-electron chi connectivity index (χ4n) is 4.98. The molecule has 0 spiro atoms. The van der Waals surface area contributed by atoms with Crippen LogP contribution >= 0.6 is 11.6 Å². The van der Waals surface area contributed by atoms with Crippen molar-refractivity contribution in [3.05, 3.63) is 64.3 Å². The van der Waals surface area contributed by atoms with Crippen LogP contribution in [-0.4, -0.2) is 49.9 Å². The van der Waals surface area contributed by atoms with Gasteiger partial charge in [-0.1, -0.05) is 0 Å². The third-order valence-corrected chi connectivity index (χ3v) is 7.02. The summed E-state index contributed by atoms with van der Waals surface area (Å²) in [6.45, 7) is 3.09. The lowest BCUT2D eigenvalue weighted by Gasteiger charge is -2.34. The molecule has 4 heterocycles. The maximum absolute atomic E-state index is 13.6. The van der Waals surface area contributed by atoms with Gasteiger partial charge in [0, 0.05) is 43.2 Å². The average Bonchev–Trinajstić information content (AvgIpc) is 3.38. The van der Waals surface area contributed by atoms with Crippen molar-refractivity contribution in [3.8, 4) is 0 Å². The van der Waals surface area contributed by atoms with Crippen molar-refractivity contribution in [2.45, 2.75) is 51.0 Å². The number of fused-ring (bicyclic) bond motifs is 1. The first-order chi connectivity index (χ1) is 18.1. The van der Waals surface area contributed by atoms with Gasteiger partial charge in [-0.2, -0.15) is 13.2 Å². The Balaban J connectivity index is 1.38. The summed E-state index contributed by atoms with van der Waals surface area (Å²) in [5.74, 6) is 0.850. The second-order valence-electron chi connectivity index (χ2n) is 9.43. The Kier molecular flexibility index (Phi) is 6.99. The van der Waals surface area contributed by atoms with Gasteiger partial charge in [0.2, 0.25) is 17.1 Å². The number of nitrogens with one attached hydrogen (secondary N) is 1. The molecule has 1 saturated heterocycles. The topological polar surface area (TPSA) is 113 Å². The van der Waals surface area contributed by atoms with Crippen LogP contribution in [0.3, 0.4) is 0 Å². The molecule has 0 bridgehead atoms. The molecule has 5 rings (SSSR count). The van der Waals surface area contributed by atoms with Gasteiger partial charge in [-0.05, 0) is 61.2 Å². The minimum absolute atomic E-state index is 0.00603. The van der Waals surface area contributed by atoms with E-state index in [1.165, 1.54) is 6.07 Å². The lowest BCUT2D eigenvalue weighted by atomic mass is 10.0. The molecule has 1 aromatic carbocycles. The summed E-state index contributed by atoms with van der Waals surface area (Å²) in [6.07, 6.45) is 0.784. The average molecular weight is 547 g/mol. The summed E-state index contributed by atoms with van der Waals surface area (Å²) in [7, 11) is 0. The van der Waals surface area contributed by atoms with Crippen LogP contribution < -0.4 is 16.0 Å². The number of rotatable bonds is 5. The van der Waals surface area contributed by atoms with Crippen LogP contribution in [0.1, 0.15) is 48.2 Å². The van der Waals surface area contributed by atoms with Gasteiger partial charge in [0.1, 0.15) is 11.9 Å². The highest BCUT2D eigenvalue weighted by Crippen LogP contribution is 2.35. The van der Waals surface area contributed by atoms with E-state index in [4.69, 9.17) is 17.3 Å². The molecule has 38 heavy (non-hydrogen) atoms. The first-order valence-corrected chi connectivity index (χ1v) is 12.6. The lowest BCUT2D eigenvalue weighted by molar-refractivity contribution is -0.137. The van der Waals surface area contributed by atoms with Crippen LogP contribution in [0, 0.1) is 0 Å². The maximum atomic E-state index is 13.6.